The quantitative estimate of drug-likeness (QED) is 0.625. The van der Waals surface area contributed by atoms with Crippen LogP contribution in [0.25, 0.3) is 5.65 Å². The number of rotatable bonds is 5. The van der Waals surface area contributed by atoms with Crippen LogP contribution in [-0.2, 0) is 16.0 Å². The molecule has 3 aromatic rings. The minimum absolute atomic E-state index is 0.00400. The zero-order chi connectivity index (χ0) is 22.0. The highest BCUT2D eigenvalue weighted by molar-refractivity contribution is 5.94. The largest absolute Gasteiger partial charge is 0.381 e. The van der Waals surface area contributed by atoms with Gasteiger partial charge in [0.2, 0.25) is 5.91 Å². The lowest BCUT2D eigenvalue weighted by molar-refractivity contribution is -0.115. The fraction of sp³-hybridized carbons (Fsp3) is 0.350. The molecule has 0 aliphatic carbocycles. The minimum atomic E-state index is -0.541. The Morgan fingerprint density at radius 3 is 2.77 bits per heavy atom. The highest BCUT2D eigenvalue weighted by Crippen LogP contribution is 2.15. The van der Waals surface area contributed by atoms with Gasteiger partial charge in [0, 0.05) is 44.3 Å². The first kappa shape index (κ1) is 20.7. The van der Waals surface area contributed by atoms with Crippen molar-refractivity contribution >= 4 is 23.3 Å². The van der Waals surface area contributed by atoms with Crippen LogP contribution in [0.15, 0.2) is 35.4 Å². The number of aromatic nitrogens is 4. The van der Waals surface area contributed by atoms with Crippen molar-refractivity contribution in [2.75, 3.05) is 25.6 Å². The van der Waals surface area contributed by atoms with E-state index >= 15 is 0 Å². The molecule has 10 nitrogen and oxygen atoms in total. The number of nitrogens with one attached hydrogen (secondary N) is 2. The molecule has 11 heteroatoms. The summed E-state index contributed by atoms with van der Waals surface area (Å²) >= 11 is 0. The van der Waals surface area contributed by atoms with E-state index in [1.54, 1.807) is 18.0 Å². The number of halogens is 1. The molecule has 31 heavy (non-hydrogen) atoms. The minimum Gasteiger partial charge on any atom is -0.381 e. The average Bonchev–Trinajstić information content (AvgIpc) is 3.18. The molecule has 4 heterocycles. The molecule has 1 saturated heterocycles. The fourth-order valence-electron chi connectivity index (χ4n) is 3.49. The van der Waals surface area contributed by atoms with Crippen molar-refractivity contribution in [2.45, 2.75) is 25.3 Å². The zero-order valence-corrected chi connectivity index (χ0v) is 16.8. The third kappa shape index (κ3) is 4.45. The highest BCUT2D eigenvalue weighted by Gasteiger charge is 2.26. The Balaban J connectivity index is 1.51. The third-order valence-electron chi connectivity index (χ3n) is 5.18. The molecule has 0 bridgehead atoms. The van der Waals surface area contributed by atoms with Crippen LogP contribution in [-0.4, -0.2) is 62.6 Å². The lowest BCUT2D eigenvalue weighted by atomic mass is 10.1. The predicted molar refractivity (Wildman–Crippen MR) is 108 cm³/mol. The van der Waals surface area contributed by atoms with Gasteiger partial charge in [-0.15, -0.1) is 0 Å². The number of hydrogen-bond acceptors (Lipinski definition) is 6. The van der Waals surface area contributed by atoms with Crippen molar-refractivity contribution in [1.82, 2.24) is 24.5 Å². The Labute approximate surface area is 176 Å². The Bertz CT molecular complexity index is 1170. The van der Waals surface area contributed by atoms with Crippen molar-refractivity contribution in [3.8, 4) is 0 Å². The summed E-state index contributed by atoms with van der Waals surface area (Å²) in [5, 5.41) is 5.36. The van der Waals surface area contributed by atoms with Crippen molar-refractivity contribution in [2.24, 2.45) is 0 Å². The highest BCUT2D eigenvalue weighted by atomic mass is 19.1. The number of carbonyl (C=O) groups is 2. The predicted octanol–water partition coefficient (Wildman–Crippen LogP) is 0.989. The summed E-state index contributed by atoms with van der Waals surface area (Å²) in [6.07, 6.45) is 3.59. The first-order valence-corrected chi connectivity index (χ1v) is 9.78. The Morgan fingerprint density at radius 1 is 1.29 bits per heavy atom. The topological polar surface area (TPSA) is 122 Å². The number of aromatic amines is 1. The average molecular weight is 428 g/mol. The van der Waals surface area contributed by atoms with Gasteiger partial charge in [-0.05, 0) is 25.0 Å². The van der Waals surface area contributed by atoms with Gasteiger partial charge in [0.25, 0.3) is 11.5 Å². The molecule has 1 fully saturated rings. The molecule has 0 aromatic carbocycles. The van der Waals surface area contributed by atoms with Gasteiger partial charge in [-0.3, -0.25) is 19.5 Å². The number of ether oxygens (including phenoxy) is 1. The van der Waals surface area contributed by atoms with E-state index in [9.17, 15) is 18.8 Å². The zero-order valence-electron chi connectivity index (χ0n) is 16.8. The molecule has 0 radical (unpaired) electrons. The van der Waals surface area contributed by atoms with Crippen molar-refractivity contribution in [1.29, 1.82) is 0 Å². The van der Waals surface area contributed by atoms with Gasteiger partial charge in [0.15, 0.2) is 5.65 Å². The van der Waals surface area contributed by atoms with E-state index in [2.05, 4.69) is 20.4 Å². The van der Waals surface area contributed by atoms with Gasteiger partial charge >= 0.3 is 0 Å². The summed E-state index contributed by atoms with van der Waals surface area (Å²) in [4.78, 5) is 47.4. The molecule has 0 saturated carbocycles. The number of amides is 2. The molecule has 162 valence electrons. The van der Waals surface area contributed by atoms with E-state index < -0.39 is 23.2 Å². The van der Waals surface area contributed by atoms with Crippen LogP contribution in [0.3, 0.4) is 0 Å². The van der Waals surface area contributed by atoms with Crippen LogP contribution < -0.4 is 10.9 Å². The molecule has 0 unspecified atom stereocenters. The van der Waals surface area contributed by atoms with Gasteiger partial charge in [-0.25, -0.2) is 18.9 Å². The molecule has 2 amide bonds. The Hall–Kier alpha value is -3.60. The second kappa shape index (κ2) is 8.64. The van der Waals surface area contributed by atoms with Gasteiger partial charge < -0.3 is 15.0 Å². The first-order valence-electron chi connectivity index (χ1n) is 9.78. The van der Waals surface area contributed by atoms with Gasteiger partial charge in [-0.1, -0.05) is 0 Å². The summed E-state index contributed by atoms with van der Waals surface area (Å²) in [5.41, 5.74) is 0.116. The van der Waals surface area contributed by atoms with Gasteiger partial charge in [0.1, 0.15) is 17.2 Å². The van der Waals surface area contributed by atoms with Crippen molar-refractivity contribution in [3.63, 3.8) is 0 Å². The molecule has 0 atom stereocenters. The number of pyridine rings is 1. The van der Waals surface area contributed by atoms with Crippen LogP contribution in [0.5, 0.6) is 0 Å². The molecular formula is C20H21FN6O4. The van der Waals surface area contributed by atoms with E-state index in [1.807, 2.05) is 0 Å². The maximum Gasteiger partial charge on any atom is 0.285 e. The van der Waals surface area contributed by atoms with Gasteiger partial charge in [-0.2, -0.15) is 0 Å². The second-order valence-corrected chi connectivity index (χ2v) is 7.30. The molecule has 2 N–H and O–H groups in total. The number of hydrogen-bond donors (Lipinski definition) is 2. The summed E-state index contributed by atoms with van der Waals surface area (Å²) < 4.78 is 19.4. The SMILES string of the molecule is CN(C(=O)c1cnc2cc(CC(=O)Nc3ccc(F)cn3)[nH]n2c1=O)C1CCOCC1. The standard InChI is InChI=1S/C20H21FN6O4/c1-26(14-4-6-31-7-5-14)19(29)15-11-23-17-8-13(25-27(17)20(15)30)9-18(28)24-16-3-2-12(21)10-22-16/h2-3,8,10-11,14,25H,4-7,9H2,1H3,(H,22,24,28). The molecule has 4 rings (SSSR count). The molecule has 0 spiro atoms. The van der Waals surface area contributed by atoms with E-state index in [0.717, 1.165) is 10.7 Å². The molecule has 1 aliphatic rings. The molecular weight excluding hydrogens is 407 g/mol. The van der Waals surface area contributed by atoms with Crippen LogP contribution in [0.2, 0.25) is 0 Å². The molecule has 1 aliphatic heterocycles. The van der Waals surface area contributed by atoms with E-state index in [1.165, 1.54) is 18.3 Å². The smallest absolute Gasteiger partial charge is 0.285 e. The normalized spacial score (nSPS) is 14.5. The van der Waals surface area contributed by atoms with E-state index in [0.29, 0.717) is 31.7 Å². The number of anilines is 1. The van der Waals surface area contributed by atoms with E-state index in [-0.39, 0.29) is 29.5 Å². The third-order valence-corrected chi connectivity index (χ3v) is 5.18. The van der Waals surface area contributed by atoms with Crippen molar-refractivity contribution in [3.05, 3.63) is 58.0 Å². The van der Waals surface area contributed by atoms with Gasteiger partial charge in [0.05, 0.1) is 12.6 Å². The van der Waals surface area contributed by atoms with Crippen LogP contribution in [0.1, 0.15) is 28.9 Å². The summed E-state index contributed by atoms with van der Waals surface area (Å²) in [6.45, 7) is 1.15. The summed E-state index contributed by atoms with van der Waals surface area (Å²) in [5.74, 6) is -1.11. The van der Waals surface area contributed by atoms with E-state index in [4.69, 9.17) is 4.74 Å². The lowest BCUT2D eigenvalue weighted by Gasteiger charge is -2.31. The second-order valence-electron chi connectivity index (χ2n) is 7.30. The number of carbonyl (C=O) groups excluding carboxylic acids is 2. The maximum atomic E-state index is 12.9. The molecule has 3 aromatic heterocycles. The number of H-pyrrole nitrogens is 1. The summed E-state index contributed by atoms with van der Waals surface area (Å²) in [7, 11) is 1.67. The summed E-state index contributed by atoms with van der Waals surface area (Å²) in [6, 6.07) is 4.09. The maximum absolute atomic E-state index is 12.9. The Kier molecular flexibility index (Phi) is 5.76. The Morgan fingerprint density at radius 2 is 2.06 bits per heavy atom. The van der Waals surface area contributed by atoms with Crippen LogP contribution in [0.4, 0.5) is 10.2 Å². The number of fused-ring (bicyclic) bond motifs is 1. The van der Waals surface area contributed by atoms with Crippen molar-refractivity contribution < 1.29 is 18.7 Å². The van der Waals surface area contributed by atoms with Crippen LogP contribution >= 0.6 is 0 Å². The fourth-order valence-corrected chi connectivity index (χ4v) is 3.49. The first-order chi connectivity index (χ1) is 14.9. The number of nitrogens with zero attached hydrogens (tertiary/aromatic N) is 4. The lowest BCUT2D eigenvalue weighted by Crippen LogP contribution is -2.42. The van der Waals surface area contributed by atoms with Crippen LogP contribution in [0, 0.1) is 5.82 Å². The monoisotopic (exact) mass is 428 g/mol.